The Balaban J connectivity index is 2.78. The van der Waals surface area contributed by atoms with Crippen molar-refractivity contribution in [3.05, 3.63) is 23.8 Å². The summed E-state index contributed by atoms with van der Waals surface area (Å²) < 4.78 is 17.1. The van der Waals surface area contributed by atoms with Gasteiger partial charge in [-0.1, -0.05) is 19.1 Å². The van der Waals surface area contributed by atoms with Crippen LogP contribution in [0.5, 0.6) is 11.5 Å². The molecule has 0 saturated carbocycles. The molecule has 1 aromatic carbocycles. The van der Waals surface area contributed by atoms with Crippen molar-refractivity contribution in [3.63, 3.8) is 0 Å². The van der Waals surface area contributed by atoms with Crippen LogP contribution in [0.4, 0.5) is 0 Å². The SMILES string of the molecule is CCOc1cccc(CC(N)CC)c1OCCOC(C)C. The van der Waals surface area contributed by atoms with Crippen LogP contribution < -0.4 is 15.2 Å². The topological polar surface area (TPSA) is 53.7 Å². The maximum Gasteiger partial charge on any atom is 0.164 e. The summed E-state index contributed by atoms with van der Waals surface area (Å²) in [6, 6.07) is 6.11. The minimum absolute atomic E-state index is 0.135. The molecule has 0 amide bonds. The van der Waals surface area contributed by atoms with Crippen LogP contribution in [0.25, 0.3) is 0 Å². The van der Waals surface area contributed by atoms with E-state index in [2.05, 4.69) is 13.0 Å². The van der Waals surface area contributed by atoms with Crippen LogP contribution >= 0.6 is 0 Å². The highest BCUT2D eigenvalue weighted by molar-refractivity contribution is 5.47. The van der Waals surface area contributed by atoms with E-state index in [0.717, 1.165) is 29.9 Å². The van der Waals surface area contributed by atoms with Crippen LogP contribution in [-0.4, -0.2) is 32.0 Å². The number of ether oxygens (including phenoxy) is 3. The molecular formula is C17H29NO3. The Morgan fingerprint density at radius 1 is 1.10 bits per heavy atom. The number of para-hydroxylation sites is 1. The van der Waals surface area contributed by atoms with Crippen molar-refractivity contribution in [2.75, 3.05) is 19.8 Å². The van der Waals surface area contributed by atoms with Gasteiger partial charge in [0.25, 0.3) is 0 Å². The Morgan fingerprint density at radius 3 is 2.48 bits per heavy atom. The molecule has 120 valence electrons. The summed E-state index contributed by atoms with van der Waals surface area (Å²) in [6.45, 7) is 9.78. The van der Waals surface area contributed by atoms with Gasteiger partial charge in [-0.15, -0.1) is 0 Å². The van der Waals surface area contributed by atoms with Crippen molar-refractivity contribution in [2.24, 2.45) is 5.73 Å². The summed E-state index contributed by atoms with van der Waals surface area (Å²) in [7, 11) is 0. The predicted molar refractivity (Wildman–Crippen MR) is 86.2 cm³/mol. The van der Waals surface area contributed by atoms with E-state index in [1.807, 2.05) is 32.9 Å². The molecule has 0 bridgehead atoms. The van der Waals surface area contributed by atoms with Crippen LogP contribution in [0.2, 0.25) is 0 Å². The number of rotatable bonds is 10. The minimum atomic E-state index is 0.135. The highest BCUT2D eigenvalue weighted by Crippen LogP contribution is 2.32. The normalized spacial score (nSPS) is 12.5. The van der Waals surface area contributed by atoms with E-state index in [-0.39, 0.29) is 12.1 Å². The third-order valence-corrected chi connectivity index (χ3v) is 3.15. The van der Waals surface area contributed by atoms with Gasteiger partial charge in [-0.2, -0.15) is 0 Å². The lowest BCUT2D eigenvalue weighted by Crippen LogP contribution is -2.22. The molecule has 0 aliphatic carbocycles. The zero-order valence-corrected chi connectivity index (χ0v) is 13.7. The molecule has 0 aliphatic heterocycles. The summed E-state index contributed by atoms with van der Waals surface area (Å²) in [5.41, 5.74) is 7.17. The predicted octanol–water partition coefficient (Wildman–Crippen LogP) is 3.17. The standard InChI is InChI=1S/C17H29NO3/c1-5-15(18)12-14-8-7-9-16(19-6-2)17(14)21-11-10-20-13(3)4/h7-9,13,15H,5-6,10-12,18H2,1-4H3. The van der Waals surface area contributed by atoms with Crippen molar-refractivity contribution >= 4 is 0 Å². The number of benzene rings is 1. The average molecular weight is 295 g/mol. The highest BCUT2D eigenvalue weighted by Gasteiger charge is 2.13. The van der Waals surface area contributed by atoms with Gasteiger partial charge in [0.1, 0.15) is 6.61 Å². The second-order valence-corrected chi connectivity index (χ2v) is 5.32. The third-order valence-electron chi connectivity index (χ3n) is 3.15. The Morgan fingerprint density at radius 2 is 1.86 bits per heavy atom. The smallest absolute Gasteiger partial charge is 0.164 e. The van der Waals surface area contributed by atoms with Gasteiger partial charge in [-0.05, 0) is 45.2 Å². The molecule has 21 heavy (non-hydrogen) atoms. The van der Waals surface area contributed by atoms with Gasteiger partial charge in [0.05, 0.1) is 19.3 Å². The van der Waals surface area contributed by atoms with Crippen LogP contribution in [0.3, 0.4) is 0 Å². The Hall–Kier alpha value is -1.26. The highest BCUT2D eigenvalue weighted by atomic mass is 16.5. The first kappa shape index (κ1) is 17.8. The number of nitrogens with two attached hydrogens (primary N) is 1. The van der Waals surface area contributed by atoms with Gasteiger partial charge in [0, 0.05) is 6.04 Å². The molecule has 0 radical (unpaired) electrons. The Kier molecular flexibility index (Phi) is 8.16. The first-order valence-corrected chi connectivity index (χ1v) is 7.83. The maximum atomic E-state index is 6.07. The molecule has 0 spiro atoms. The molecule has 0 saturated heterocycles. The molecule has 0 heterocycles. The lowest BCUT2D eigenvalue weighted by molar-refractivity contribution is 0.0543. The van der Waals surface area contributed by atoms with E-state index in [0.29, 0.717) is 19.8 Å². The summed E-state index contributed by atoms with van der Waals surface area (Å²) in [6.07, 6.45) is 1.94. The van der Waals surface area contributed by atoms with Crippen molar-refractivity contribution in [2.45, 2.75) is 52.7 Å². The summed E-state index contributed by atoms with van der Waals surface area (Å²) in [5.74, 6) is 1.58. The molecule has 0 aromatic heterocycles. The molecule has 1 atom stereocenters. The Labute approximate surface area is 128 Å². The van der Waals surface area contributed by atoms with Crippen LogP contribution in [-0.2, 0) is 11.2 Å². The van der Waals surface area contributed by atoms with Crippen LogP contribution in [0, 0.1) is 0 Å². The minimum Gasteiger partial charge on any atom is -0.490 e. The molecular weight excluding hydrogens is 266 g/mol. The molecule has 4 nitrogen and oxygen atoms in total. The largest absolute Gasteiger partial charge is 0.490 e. The molecule has 0 aliphatic rings. The zero-order valence-electron chi connectivity index (χ0n) is 13.7. The first-order chi connectivity index (χ1) is 10.1. The number of hydrogen-bond acceptors (Lipinski definition) is 4. The monoisotopic (exact) mass is 295 g/mol. The molecule has 2 N–H and O–H groups in total. The quantitative estimate of drug-likeness (QED) is 0.674. The van der Waals surface area contributed by atoms with Crippen molar-refractivity contribution in [1.29, 1.82) is 0 Å². The lowest BCUT2D eigenvalue weighted by Gasteiger charge is -2.18. The van der Waals surface area contributed by atoms with E-state index in [1.54, 1.807) is 0 Å². The van der Waals surface area contributed by atoms with Crippen molar-refractivity contribution < 1.29 is 14.2 Å². The molecule has 1 aromatic rings. The van der Waals surface area contributed by atoms with Gasteiger partial charge in [0.2, 0.25) is 0 Å². The van der Waals surface area contributed by atoms with Crippen LogP contribution in [0.15, 0.2) is 18.2 Å². The zero-order chi connectivity index (χ0) is 15.7. The second kappa shape index (κ2) is 9.64. The lowest BCUT2D eigenvalue weighted by atomic mass is 10.0. The summed E-state index contributed by atoms with van der Waals surface area (Å²) >= 11 is 0. The second-order valence-electron chi connectivity index (χ2n) is 5.32. The van der Waals surface area contributed by atoms with Crippen molar-refractivity contribution in [3.8, 4) is 11.5 Å². The summed E-state index contributed by atoms with van der Waals surface area (Å²) in [4.78, 5) is 0. The molecule has 1 rings (SSSR count). The van der Waals surface area contributed by atoms with Crippen LogP contribution in [0.1, 0.15) is 39.7 Å². The van der Waals surface area contributed by atoms with E-state index in [1.165, 1.54) is 0 Å². The molecule has 4 heteroatoms. The first-order valence-electron chi connectivity index (χ1n) is 7.83. The fourth-order valence-corrected chi connectivity index (χ4v) is 2.01. The van der Waals surface area contributed by atoms with E-state index in [4.69, 9.17) is 19.9 Å². The van der Waals surface area contributed by atoms with E-state index in [9.17, 15) is 0 Å². The van der Waals surface area contributed by atoms with Gasteiger partial charge in [-0.25, -0.2) is 0 Å². The summed E-state index contributed by atoms with van der Waals surface area (Å²) in [5, 5.41) is 0. The fraction of sp³-hybridized carbons (Fsp3) is 0.647. The fourth-order valence-electron chi connectivity index (χ4n) is 2.01. The third kappa shape index (κ3) is 6.36. The molecule has 1 unspecified atom stereocenters. The number of hydrogen-bond donors (Lipinski definition) is 1. The van der Waals surface area contributed by atoms with E-state index >= 15 is 0 Å². The van der Waals surface area contributed by atoms with Crippen molar-refractivity contribution in [1.82, 2.24) is 0 Å². The molecule has 0 fully saturated rings. The van der Waals surface area contributed by atoms with Gasteiger partial charge < -0.3 is 19.9 Å². The maximum absolute atomic E-state index is 6.07. The van der Waals surface area contributed by atoms with Gasteiger partial charge >= 0.3 is 0 Å². The average Bonchev–Trinajstić information content (AvgIpc) is 2.45. The van der Waals surface area contributed by atoms with E-state index < -0.39 is 0 Å². The van der Waals surface area contributed by atoms with Gasteiger partial charge in [-0.3, -0.25) is 0 Å². The Bertz CT molecular complexity index is 407. The van der Waals surface area contributed by atoms with Gasteiger partial charge in [0.15, 0.2) is 11.5 Å².